The fraction of sp³-hybridized carbons (Fsp3) is 0.933. The highest BCUT2D eigenvalue weighted by atomic mass is 16.2. The molecule has 0 unspecified atom stereocenters. The van der Waals surface area contributed by atoms with Crippen molar-refractivity contribution in [3.05, 3.63) is 0 Å². The Morgan fingerprint density at radius 1 is 1.11 bits per heavy atom. The SMILES string of the molecule is CNC1CCC(N(C)C(=O)CC2CCCC2)CC1. The molecular weight excluding hydrogens is 224 g/mol. The van der Waals surface area contributed by atoms with Crippen LogP contribution >= 0.6 is 0 Å². The van der Waals surface area contributed by atoms with E-state index < -0.39 is 0 Å². The van der Waals surface area contributed by atoms with E-state index in [2.05, 4.69) is 5.32 Å². The summed E-state index contributed by atoms with van der Waals surface area (Å²) in [4.78, 5) is 14.3. The minimum Gasteiger partial charge on any atom is -0.343 e. The highest BCUT2D eigenvalue weighted by Gasteiger charge is 2.27. The van der Waals surface area contributed by atoms with Crippen molar-refractivity contribution in [1.82, 2.24) is 10.2 Å². The maximum Gasteiger partial charge on any atom is 0.222 e. The van der Waals surface area contributed by atoms with Gasteiger partial charge in [-0.15, -0.1) is 0 Å². The lowest BCUT2D eigenvalue weighted by Crippen LogP contribution is -2.42. The first-order valence-electron chi connectivity index (χ1n) is 7.63. The third-order valence-corrected chi connectivity index (χ3v) is 4.98. The van der Waals surface area contributed by atoms with E-state index in [-0.39, 0.29) is 0 Å². The van der Waals surface area contributed by atoms with Crippen molar-refractivity contribution in [3.63, 3.8) is 0 Å². The van der Waals surface area contributed by atoms with Gasteiger partial charge in [-0.25, -0.2) is 0 Å². The summed E-state index contributed by atoms with van der Waals surface area (Å²) in [6, 6.07) is 1.16. The molecule has 2 aliphatic rings. The van der Waals surface area contributed by atoms with Crippen molar-refractivity contribution in [2.75, 3.05) is 14.1 Å². The van der Waals surface area contributed by atoms with E-state index in [0.29, 0.717) is 23.9 Å². The van der Waals surface area contributed by atoms with Gasteiger partial charge in [0.15, 0.2) is 0 Å². The number of rotatable bonds is 4. The van der Waals surface area contributed by atoms with Crippen molar-refractivity contribution >= 4 is 5.91 Å². The molecule has 2 saturated carbocycles. The van der Waals surface area contributed by atoms with E-state index in [1.54, 1.807) is 0 Å². The summed E-state index contributed by atoms with van der Waals surface area (Å²) < 4.78 is 0. The highest BCUT2D eigenvalue weighted by Crippen LogP contribution is 2.29. The van der Waals surface area contributed by atoms with Gasteiger partial charge in [-0.3, -0.25) is 4.79 Å². The molecule has 2 fully saturated rings. The summed E-state index contributed by atoms with van der Waals surface area (Å²) >= 11 is 0. The van der Waals surface area contributed by atoms with Gasteiger partial charge in [-0.2, -0.15) is 0 Å². The Hall–Kier alpha value is -0.570. The van der Waals surface area contributed by atoms with E-state index in [0.717, 1.165) is 6.42 Å². The van der Waals surface area contributed by atoms with Gasteiger partial charge >= 0.3 is 0 Å². The molecule has 3 heteroatoms. The second-order valence-corrected chi connectivity index (χ2v) is 6.15. The molecular formula is C15H28N2O. The number of amides is 1. The van der Waals surface area contributed by atoms with E-state index >= 15 is 0 Å². The van der Waals surface area contributed by atoms with Crippen LogP contribution in [0.3, 0.4) is 0 Å². The van der Waals surface area contributed by atoms with Gasteiger partial charge in [0.2, 0.25) is 5.91 Å². The molecule has 0 aromatic carbocycles. The van der Waals surface area contributed by atoms with Crippen molar-refractivity contribution in [1.29, 1.82) is 0 Å². The standard InChI is InChI=1S/C15H28N2O/c1-16-13-7-9-14(10-8-13)17(2)15(18)11-12-5-3-4-6-12/h12-14,16H,3-11H2,1-2H3. The van der Waals surface area contributed by atoms with Gasteiger partial charge in [0, 0.05) is 25.6 Å². The zero-order chi connectivity index (χ0) is 13.0. The van der Waals surface area contributed by atoms with Crippen LogP contribution in [0.5, 0.6) is 0 Å². The lowest BCUT2D eigenvalue weighted by molar-refractivity contribution is -0.133. The molecule has 0 atom stereocenters. The molecule has 1 N–H and O–H groups in total. The quantitative estimate of drug-likeness (QED) is 0.834. The molecule has 1 amide bonds. The molecule has 2 rings (SSSR count). The van der Waals surface area contributed by atoms with Gasteiger partial charge in [0.25, 0.3) is 0 Å². The fourth-order valence-electron chi connectivity index (χ4n) is 3.56. The van der Waals surface area contributed by atoms with Crippen molar-refractivity contribution in [2.24, 2.45) is 5.92 Å². The molecule has 18 heavy (non-hydrogen) atoms. The molecule has 3 nitrogen and oxygen atoms in total. The average Bonchev–Trinajstić information content (AvgIpc) is 2.91. The summed E-state index contributed by atoms with van der Waals surface area (Å²) in [6.07, 6.45) is 10.7. The molecule has 0 saturated heterocycles. The molecule has 2 aliphatic carbocycles. The molecule has 0 aromatic heterocycles. The Balaban J connectivity index is 1.76. The number of hydrogen-bond donors (Lipinski definition) is 1. The lowest BCUT2D eigenvalue weighted by Gasteiger charge is -2.35. The van der Waals surface area contributed by atoms with Gasteiger partial charge in [-0.1, -0.05) is 12.8 Å². The third kappa shape index (κ3) is 3.47. The zero-order valence-corrected chi connectivity index (χ0v) is 12.0. The second kappa shape index (κ2) is 6.55. The number of carbonyl (C=O) groups is 1. The van der Waals surface area contributed by atoms with Crippen LogP contribution in [-0.2, 0) is 4.79 Å². The Morgan fingerprint density at radius 3 is 2.28 bits per heavy atom. The van der Waals surface area contributed by atoms with E-state index in [9.17, 15) is 4.79 Å². The normalized spacial score (nSPS) is 29.4. The van der Waals surface area contributed by atoms with Crippen LogP contribution in [0.2, 0.25) is 0 Å². The monoisotopic (exact) mass is 252 g/mol. The smallest absolute Gasteiger partial charge is 0.222 e. The average molecular weight is 252 g/mol. The van der Waals surface area contributed by atoms with Gasteiger partial charge < -0.3 is 10.2 Å². The van der Waals surface area contributed by atoms with Crippen molar-refractivity contribution in [2.45, 2.75) is 69.9 Å². The summed E-state index contributed by atoms with van der Waals surface area (Å²) in [5.74, 6) is 1.06. The highest BCUT2D eigenvalue weighted by molar-refractivity contribution is 5.76. The van der Waals surface area contributed by atoms with Crippen molar-refractivity contribution in [3.8, 4) is 0 Å². The fourth-order valence-corrected chi connectivity index (χ4v) is 3.56. The van der Waals surface area contributed by atoms with Crippen LogP contribution in [0.4, 0.5) is 0 Å². The first-order valence-corrected chi connectivity index (χ1v) is 7.63. The predicted molar refractivity (Wildman–Crippen MR) is 74.4 cm³/mol. The van der Waals surface area contributed by atoms with Gasteiger partial charge in [0.05, 0.1) is 0 Å². The van der Waals surface area contributed by atoms with E-state index in [1.165, 1.54) is 51.4 Å². The molecule has 0 spiro atoms. The maximum atomic E-state index is 12.3. The predicted octanol–water partition coefficient (Wildman–Crippen LogP) is 2.56. The third-order valence-electron chi connectivity index (χ3n) is 4.98. The van der Waals surface area contributed by atoms with E-state index in [1.807, 2.05) is 19.0 Å². The van der Waals surface area contributed by atoms with E-state index in [4.69, 9.17) is 0 Å². The lowest BCUT2D eigenvalue weighted by atomic mass is 9.90. The molecule has 104 valence electrons. The minimum absolute atomic E-state index is 0.384. The van der Waals surface area contributed by atoms with Crippen LogP contribution in [0.1, 0.15) is 57.8 Å². The Morgan fingerprint density at radius 2 is 1.72 bits per heavy atom. The number of hydrogen-bond acceptors (Lipinski definition) is 2. The zero-order valence-electron chi connectivity index (χ0n) is 12.0. The number of nitrogens with zero attached hydrogens (tertiary/aromatic N) is 1. The first kappa shape index (κ1) is 13.9. The van der Waals surface area contributed by atoms with Crippen LogP contribution in [0.15, 0.2) is 0 Å². The number of carbonyl (C=O) groups excluding carboxylic acids is 1. The van der Waals surface area contributed by atoms with Crippen LogP contribution < -0.4 is 5.32 Å². The molecule has 0 aromatic rings. The van der Waals surface area contributed by atoms with Gasteiger partial charge in [0.1, 0.15) is 0 Å². The summed E-state index contributed by atoms with van der Waals surface area (Å²) in [5.41, 5.74) is 0. The Labute approximate surface area is 111 Å². The van der Waals surface area contributed by atoms with Crippen LogP contribution in [-0.4, -0.2) is 37.0 Å². The molecule has 0 aliphatic heterocycles. The van der Waals surface area contributed by atoms with Crippen LogP contribution in [0.25, 0.3) is 0 Å². The minimum atomic E-state index is 0.384. The summed E-state index contributed by atoms with van der Waals surface area (Å²) in [7, 11) is 4.06. The molecule has 0 bridgehead atoms. The summed E-state index contributed by atoms with van der Waals surface area (Å²) in [5, 5.41) is 3.35. The number of nitrogens with one attached hydrogen (secondary N) is 1. The van der Waals surface area contributed by atoms with Gasteiger partial charge in [-0.05, 0) is 51.5 Å². The Kier molecular flexibility index (Phi) is 5.04. The van der Waals surface area contributed by atoms with Crippen molar-refractivity contribution < 1.29 is 4.79 Å². The second-order valence-electron chi connectivity index (χ2n) is 6.15. The molecule has 0 heterocycles. The first-order chi connectivity index (χ1) is 8.70. The molecule has 0 radical (unpaired) electrons. The Bertz CT molecular complexity index is 266. The van der Waals surface area contributed by atoms with Crippen LogP contribution in [0, 0.1) is 5.92 Å². The topological polar surface area (TPSA) is 32.3 Å². The largest absolute Gasteiger partial charge is 0.343 e. The maximum absolute atomic E-state index is 12.3. The summed E-state index contributed by atoms with van der Waals surface area (Å²) in [6.45, 7) is 0.